The van der Waals surface area contributed by atoms with Crippen LogP contribution in [0.5, 0.6) is 0 Å². The van der Waals surface area contributed by atoms with Crippen LogP contribution in [0, 0.1) is 0 Å². The molecule has 0 aliphatic carbocycles. The van der Waals surface area contributed by atoms with Crippen molar-refractivity contribution in [3.8, 4) is 0 Å². The Morgan fingerprint density at radius 3 is 1.81 bits per heavy atom. The first-order valence-electron chi connectivity index (χ1n) is 9.53. The van der Waals surface area contributed by atoms with E-state index in [1.807, 2.05) is 0 Å². The molecule has 12 heteroatoms. The molecule has 5 nitrogen and oxygen atoms in total. The number of benzene rings is 2. The maximum absolute atomic E-state index is 12.9. The second kappa shape index (κ2) is 9.38. The van der Waals surface area contributed by atoms with E-state index in [1.54, 1.807) is 0 Å². The van der Waals surface area contributed by atoms with E-state index in [-0.39, 0.29) is 42.7 Å². The van der Waals surface area contributed by atoms with Crippen LogP contribution in [0.25, 0.3) is 0 Å². The summed E-state index contributed by atoms with van der Waals surface area (Å²) in [5.41, 5.74) is -2.30. The number of nitrogens with one attached hydrogen (secondary N) is 1. The normalized spacial score (nSPS) is 16.3. The van der Waals surface area contributed by atoms with Crippen LogP contribution in [0.15, 0.2) is 47.4 Å². The molecule has 0 amide bonds. The average molecular weight is 482 g/mol. The second-order valence-electron chi connectivity index (χ2n) is 7.18. The third-order valence-corrected chi connectivity index (χ3v) is 6.75. The molecule has 3 rings (SSSR count). The summed E-state index contributed by atoms with van der Waals surface area (Å²) < 4.78 is 109. The third-order valence-electron chi connectivity index (χ3n) is 4.84. The lowest BCUT2D eigenvalue weighted by molar-refractivity contribution is -0.143. The first-order valence-corrected chi connectivity index (χ1v) is 11.0. The molecule has 0 saturated carbocycles. The molecule has 176 valence electrons. The molecule has 0 unspecified atom stereocenters. The summed E-state index contributed by atoms with van der Waals surface area (Å²) in [5.74, 6) is 0. The van der Waals surface area contributed by atoms with Crippen LogP contribution in [-0.2, 0) is 40.2 Å². The van der Waals surface area contributed by atoms with Gasteiger partial charge in [0.15, 0.2) is 0 Å². The predicted molar refractivity (Wildman–Crippen MR) is 103 cm³/mol. The Morgan fingerprint density at radius 2 is 1.31 bits per heavy atom. The number of halogens is 6. The van der Waals surface area contributed by atoms with Crippen molar-refractivity contribution in [1.82, 2.24) is 9.62 Å². The van der Waals surface area contributed by atoms with Crippen molar-refractivity contribution >= 4 is 10.0 Å². The topological polar surface area (TPSA) is 58.6 Å². The quantitative estimate of drug-likeness (QED) is 0.632. The zero-order valence-corrected chi connectivity index (χ0v) is 17.4. The Bertz CT molecular complexity index is 999. The summed E-state index contributed by atoms with van der Waals surface area (Å²) in [5, 5.41) is 2.79. The highest BCUT2D eigenvalue weighted by Crippen LogP contribution is 2.36. The lowest BCUT2D eigenvalue weighted by Gasteiger charge is -2.26. The predicted octanol–water partition coefficient (Wildman–Crippen LogP) is 4.03. The molecule has 0 atom stereocenters. The molecule has 2 aromatic carbocycles. The molecule has 1 N–H and O–H groups in total. The number of hydrogen-bond donors (Lipinski definition) is 1. The molecule has 1 aliphatic heterocycles. The van der Waals surface area contributed by atoms with Crippen LogP contribution in [0.4, 0.5) is 26.3 Å². The van der Waals surface area contributed by atoms with Gasteiger partial charge in [0.1, 0.15) is 0 Å². The van der Waals surface area contributed by atoms with Gasteiger partial charge < -0.3 is 10.1 Å². The fraction of sp³-hybridized carbons (Fsp3) is 0.400. The summed E-state index contributed by atoms with van der Waals surface area (Å²) in [7, 11) is -3.66. The minimum atomic E-state index is -4.90. The third kappa shape index (κ3) is 6.00. The van der Waals surface area contributed by atoms with Crippen LogP contribution in [0.2, 0.25) is 0 Å². The van der Waals surface area contributed by atoms with Crippen molar-refractivity contribution in [2.75, 3.05) is 26.3 Å². The molecule has 1 heterocycles. The van der Waals surface area contributed by atoms with Crippen LogP contribution >= 0.6 is 0 Å². The van der Waals surface area contributed by atoms with Gasteiger partial charge in [0, 0.05) is 26.2 Å². The highest BCUT2D eigenvalue weighted by atomic mass is 32.2. The molecular formula is C20H20F6N2O3S. The highest BCUT2D eigenvalue weighted by molar-refractivity contribution is 7.89. The molecule has 0 radical (unpaired) electrons. The summed E-state index contributed by atoms with van der Waals surface area (Å²) >= 11 is 0. The van der Waals surface area contributed by atoms with Gasteiger partial charge in [-0.05, 0) is 41.5 Å². The van der Waals surface area contributed by atoms with Crippen molar-refractivity contribution < 1.29 is 39.5 Å². The Balaban J connectivity index is 1.66. The van der Waals surface area contributed by atoms with E-state index >= 15 is 0 Å². The van der Waals surface area contributed by atoms with Gasteiger partial charge in [-0.15, -0.1) is 0 Å². The van der Waals surface area contributed by atoms with Gasteiger partial charge in [-0.3, -0.25) is 0 Å². The molecule has 2 aromatic rings. The molecule has 32 heavy (non-hydrogen) atoms. The lowest BCUT2D eigenvalue weighted by Crippen LogP contribution is -2.40. The minimum absolute atomic E-state index is 0.0805. The van der Waals surface area contributed by atoms with Crippen molar-refractivity contribution in [2.24, 2.45) is 0 Å². The SMILES string of the molecule is O=S(=O)(c1ccc(CNCc2cc(C(F)(F)F)cc(C(F)(F)F)c2)cc1)N1CCOCC1. The molecule has 1 saturated heterocycles. The smallest absolute Gasteiger partial charge is 0.379 e. The Hall–Kier alpha value is -2.15. The van der Waals surface area contributed by atoms with E-state index in [9.17, 15) is 34.8 Å². The zero-order valence-electron chi connectivity index (χ0n) is 16.6. The number of ether oxygens (including phenoxy) is 1. The first-order chi connectivity index (χ1) is 14.9. The molecule has 0 spiro atoms. The van der Waals surface area contributed by atoms with E-state index in [0.717, 1.165) is 0 Å². The lowest BCUT2D eigenvalue weighted by atomic mass is 10.0. The molecular weight excluding hydrogens is 462 g/mol. The zero-order chi connectivity index (χ0) is 23.6. The van der Waals surface area contributed by atoms with Crippen molar-refractivity contribution in [1.29, 1.82) is 0 Å². The van der Waals surface area contributed by atoms with Crippen LogP contribution in [-0.4, -0.2) is 39.0 Å². The standard InChI is InChI=1S/C20H20F6N2O3S/c21-19(22,23)16-9-15(10-17(11-16)20(24,25)26)13-27-12-14-1-3-18(4-2-14)32(29,30)28-5-7-31-8-6-28/h1-4,9-11,27H,5-8,12-13H2. The summed E-state index contributed by atoms with van der Waals surface area (Å²) in [4.78, 5) is 0.0934. The summed E-state index contributed by atoms with van der Waals surface area (Å²) in [6.45, 7) is 1.01. The highest BCUT2D eigenvalue weighted by Gasteiger charge is 2.36. The molecule has 1 fully saturated rings. The van der Waals surface area contributed by atoms with E-state index in [4.69, 9.17) is 4.74 Å². The summed E-state index contributed by atoms with van der Waals surface area (Å²) in [6, 6.07) is 7.31. The number of morpholine rings is 1. The number of rotatable bonds is 6. The van der Waals surface area contributed by atoms with Gasteiger partial charge in [0.05, 0.1) is 29.2 Å². The maximum atomic E-state index is 12.9. The van der Waals surface area contributed by atoms with Crippen molar-refractivity contribution in [3.05, 3.63) is 64.7 Å². The van der Waals surface area contributed by atoms with E-state index in [0.29, 0.717) is 30.9 Å². The second-order valence-corrected chi connectivity index (χ2v) is 9.12. The molecule has 0 aromatic heterocycles. The Kier molecular flexibility index (Phi) is 7.18. The number of hydrogen-bond acceptors (Lipinski definition) is 4. The number of sulfonamides is 1. The number of alkyl halides is 6. The van der Waals surface area contributed by atoms with E-state index < -0.39 is 33.5 Å². The first kappa shape index (κ1) is 24.5. The van der Waals surface area contributed by atoms with Gasteiger partial charge >= 0.3 is 12.4 Å². The monoisotopic (exact) mass is 482 g/mol. The average Bonchev–Trinajstić information content (AvgIpc) is 2.73. The summed E-state index contributed by atoms with van der Waals surface area (Å²) in [6.07, 6.45) is -9.81. The van der Waals surface area contributed by atoms with Gasteiger partial charge in [-0.25, -0.2) is 8.42 Å². The van der Waals surface area contributed by atoms with Crippen molar-refractivity contribution in [3.63, 3.8) is 0 Å². The van der Waals surface area contributed by atoms with E-state index in [1.165, 1.54) is 28.6 Å². The van der Waals surface area contributed by atoms with Gasteiger partial charge in [0.2, 0.25) is 10.0 Å². The van der Waals surface area contributed by atoms with Gasteiger partial charge in [-0.2, -0.15) is 30.6 Å². The van der Waals surface area contributed by atoms with Crippen molar-refractivity contribution in [2.45, 2.75) is 30.3 Å². The fourth-order valence-electron chi connectivity index (χ4n) is 3.19. The Labute approximate surface area is 181 Å². The van der Waals surface area contributed by atoms with Crippen LogP contribution in [0.3, 0.4) is 0 Å². The number of nitrogens with zero attached hydrogens (tertiary/aromatic N) is 1. The van der Waals surface area contributed by atoms with Gasteiger partial charge in [0.25, 0.3) is 0 Å². The van der Waals surface area contributed by atoms with Crippen LogP contribution < -0.4 is 5.32 Å². The fourth-order valence-corrected chi connectivity index (χ4v) is 4.60. The molecule has 0 bridgehead atoms. The van der Waals surface area contributed by atoms with Crippen LogP contribution in [0.1, 0.15) is 22.3 Å². The van der Waals surface area contributed by atoms with Gasteiger partial charge in [-0.1, -0.05) is 12.1 Å². The maximum Gasteiger partial charge on any atom is 0.416 e. The molecule has 1 aliphatic rings. The van der Waals surface area contributed by atoms with E-state index in [2.05, 4.69) is 5.32 Å². The largest absolute Gasteiger partial charge is 0.416 e. The Morgan fingerprint density at radius 1 is 0.812 bits per heavy atom. The minimum Gasteiger partial charge on any atom is -0.379 e.